The van der Waals surface area contributed by atoms with Crippen molar-refractivity contribution in [2.75, 3.05) is 32.0 Å². The highest BCUT2D eigenvalue weighted by atomic mass is 15.1. The molecule has 0 radical (unpaired) electrons. The van der Waals surface area contributed by atoms with Gasteiger partial charge in [-0.05, 0) is 63.5 Å². The van der Waals surface area contributed by atoms with Crippen molar-refractivity contribution in [2.24, 2.45) is 0 Å². The lowest BCUT2D eigenvalue weighted by Gasteiger charge is -2.29. The maximum absolute atomic E-state index is 3.34. The Hall–Kier alpha value is -1.02. The number of benzene rings is 1. The summed E-state index contributed by atoms with van der Waals surface area (Å²) in [6, 6.07) is 8.98. The summed E-state index contributed by atoms with van der Waals surface area (Å²) in [7, 11) is 2.21. The Balaban J connectivity index is 1.98. The first-order valence-electron chi connectivity index (χ1n) is 6.32. The molecule has 0 saturated carbocycles. The fourth-order valence-electron chi connectivity index (χ4n) is 2.42. The van der Waals surface area contributed by atoms with Crippen LogP contribution in [0.3, 0.4) is 0 Å². The standard InChI is InChI=1S/C14H22N2/c1-3-15-14-6-4-12(5-7-14)13-8-10-16(2)11-9-13/h4-7,13,15H,3,8-11H2,1-2H3. The van der Waals surface area contributed by atoms with E-state index in [1.165, 1.54) is 37.2 Å². The van der Waals surface area contributed by atoms with Crippen LogP contribution >= 0.6 is 0 Å². The van der Waals surface area contributed by atoms with E-state index in [4.69, 9.17) is 0 Å². The molecule has 1 aromatic carbocycles. The van der Waals surface area contributed by atoms with Gasteiger partial charge >= 0.3 is 0 Å². The van der Waals surface area contributed by atoms with E-state index in [2.05, 4.69) is 48.5 Å². The summed E-state index contributed by atoms with van der Waals surface area (Å²) in [5.41, 5.74) is 2.74. The Labute approximate surface area is 98.7 Å². The first-order valence-corrected chi connectivity index (χ1v) is 6.32. The van der Waals surface area contributed by atoms with Crippen molar-refractivity contribution in [3.05, 3.63) is 29.8 Å². The molecule has 0 unspecified atom stereocenters. The lowest BCUT2D eigenvalue weighted by molar-refractivity contribution is 0.255. The molecule has 1 fully saturated rings. The Kier molecular flexibility index (Phi) is 3.83. The molecule has 1 saturated heterocycles. The van der Waals surface area contributed by atoms with Gasteiger partial charge in [0.15, 0.2) is 0 Å². The van der Waals surface area contributed by atoms with Gasteiger partial charge < -0.3 is 10.2 Å². The molecule has 1 aromatic rings. The highest BCUT2D eigenvalue weighted by molar-refractivity contribution is 5.45. The van der Waals surface area contributed by atoms with Crippen LogP contribution in [0.4, 0.5) is 5.69 Å². The Morgan fingerprint density at radius 3 is 2.38 bits per heavy atom. The number of hydrogen-bond acceptors (Lipinski definition) is 2. The molecular weight excluding hydrogens is 196 g/mol. The normalized spacial score (nSPS) is 18.6. The highest BCUT2D eigenvalue weighted by Gasteiger charge is 2.17. The molecule has 16 heavy (non-hydrogen) atoms. The molecule has 0 aromatic heterocycles. The molecule has 1 aliphatic heterocycles. The zero-order valence-electron chi connectivity index (χ0n) is 10.4. The number of nitrogens with zero attached hydrogens (tertiary/aromatic N) is 1. The molecular formula is C14H22N2. The maximum Gasteiger partial charge on any atom is 0.0340 e. The van der Waals surface area contributed by atoms with Crippen molar-refractivity contribution >= 4 is 5.69 Å². The fourth-order valence-corrected chi connectivity index (χ4v) is 2.42. The van der Waals surface area contributed by atoms with Gasteiger partial charge in [-0.25, -0.2) is 0 Å². The van der Waals surface area contributed by atoms with Crippen molar-refractivity contribution < 1.29 is 0 Å². The van der Waals surface area contributed by atoms with E-state index in [1.54, 1.807) is 0 Å². The zero-order chi connectivity index (χ0) is 11.4. The summed E-state index contributed by atoms with van der Waals surface area (Å²) in [4.78, 5) is 2.42. The van der Waals surface area contributed by atoms with Gasteiger partial charge in [-0.1, -0.05) is 12.1 Å². The average Bonchev–Trinajstić information content (AvgIpc) is 2.32. The van der Waals surface area contributed by atoms with E-state index in [9.17, 15) is 0 Å². The smallest absolute Gasteiger partial charge is 0.0340 e. The van der Waals surface area contributed by atoms with E-state index in [0.717, 1.165) is 12.5 Å². The summed E-state index contributed by atoms with van der Waals surface area (Å²) in [6.45, 7) is 5.59. The lowest BCUT2D eigenvalue weighted by Crippen LogP contribution is -2.29. The topological polar surface area (TPSA) is 15.3 Å². The second-order valence-corrected chi connectivity index (χ2v) is 4.73. The Bertz CT molecular complexity index is 310. The monoisotopic (exact) mass is 218 g/mol. The number of likely N-dealkylation sites (tertiary alicyclic amines) is 1. The molecule has 1 N–H and O–H groups in total. The highest BCUT2D eigenvalue weighted by Crippen LogP contribution is 2.28. The quantitative estimate of drug-likeness (QED) is 0.839. The molecule has 2 rings (SSSR count). The van der Waals surface area contributed by atoms with Crippen LogP contribution in [0.1, 0.15) is 31.2 Å². The van der Waals surface area contributed by atoms with E-state index < -0.39 is 0 Å². The van der Waals surface area contributed by atoms with E-state index in [-0.39, 0.29) is 0 Å². The minimum atomic E-state index is 0.770. The van der Waals surface area contributed by atoms with E-state index in [1.807, 2.05) is 0 Å². The third kappa shape index (κ3) is 2.76. The largest absolute Gasteiger partial charge is 0.385 e. The first kappa shape index (κ1) is 11.5. The molecule has 1 aliphatic rings. The number of rotatable bonds is 3. The molecule has 0 amide bonds. The summed E-state index contributed by atoms with van der Waals surface area (Å²) in [5, 5.41) is 3.34. The van der Waals surface area contributed by atoms with Crippen LogP contribution in [0.5, 0.6) is 0 Å². The molecule has 0 aliphatic carbocycles. The number of nitrogens with one attached hydrogen (secondary N) is 1. The van der Waals surface area contributed by atoms with Crippen LogP contribution in [0.2, 0.25) is 0 Å². The molecule has 1 heterocycles. The second-order valence-electron chi connectivity index (χ2n) is 4.73. The van der Waals surface area contributed by atoms with Crippen molar-refractivity contribution in [1.82, 2.24) is 4.90 Å². The first-order chi connectivity index (χ1) is 7.79. The van der Waals surface area contributed by atoms with Crippen molar-refractivity contribution in [3.8, 4) is 0 Å². The van der Waals surface area contributed by atoms with Crippen molar-refractivity contribution in [2.45, 2.75) is 25.7 Å². The van der Waals surface area contributed by atoms with Crippen LogP contribution in [-0.4, -0.2) is 31.6 Å². The third-order valence-electron chi connectivity index (χ3n) is 3.48. The predicted molar refractivity (Wildman–Crippen MR) is 70.1 cm³/mol. The minimum absolute atomic E-state index is 0.770. The SMILES string of the molecule is CCNc1ccc(C2CCN(C)CC2)cc1. The molecule has 0 atom stereocenters. The van der Waals surface area contributed by atoms with Gasteiger partial charge in [-0.2, -0.15) is 0 Å². The van der Waals surface area contributed by atoms with Crippen molar-refractivity contribution in [3.63, 3.8) is 0 Å². The van der Waals surface area contributed by atoms with Gasteiger partial charge in [0.05, 0.1) is 0 Å². The minimum Gasteiger partial charge on any atom is -0.385 e. The maximum atomic E-state index is 3.34. The van der Waals surface area contributed by atoms with Gasteiger partial charge in [0.2, 0.25) is 0 Å². The number of anilines is 1. The zero-order valence-corrected chi connectivity index (χ0v) is 10.4. The van der Waals surface area contributed by atoms with Gasteiger partial charge in [0, 0.05) is 12.2 Å². The lowest BCUT2D eigenvalue weighted by atomic mass is 9.89. The summed E-state index contributed by atoms with van der Waals surface area (Å²) < 4.78 is 0. The molecule has 2 nitrogen and oxygen atoms in total. The fraction of sp³-hybridized carbons (Fsp3) is 0.571. The second kappa shape index (κ2) is 5.35. The van der Waals surface area contributed by atoms with E-state index in [0.29, 0.717) is 0 Å². The van der Waals surface area contributed by atoms with Gasteiger partial charge in [-0.3, -0.25) is 0 Å². The summed E-state index contributed by atoms with van der Waals surface area (Å²) in [5.74, 6) is 0.770. The van der Waals surface area contributed by atoms with E-state index >= 15 is 0 Å². The molecule has 88 valence electrons. The average molecular weight is 218 g/mol. The van der Waals surface area contributed by atoms with Gasteiger partial charge in [0.25, 0.3) is 0 Å². The Morgan fingerprint density at radius 1 is 1.19 bits per heavy atom. The molecule has 0 spiro atoms. The number of hydrogen-bond donors (Lipinski definition) is 1. The van der Waals surface area contributed by atoms with Crippen molar-refractivity contribution in [1.29, 1.82) is 0 Å². The number of piperidine rings is 1. The van der Waals surface area contributed by atoms with Crippen LogP contribution in [0.25, 0.3) is 0 Å². The van der Waals surface area contributed by atoms with Gasteiger partial charge in [0.1, 0.15) is 0 Å². The molecule has 0 bridgehead atoms. The predicted octanol–water partition coefficient (Wildman–Crippen LogP) is 2.93. The molecule has 2 heteroatoms. The van der Waals surface area contributed by atoms with Gasteiger partial charge in [-0.15, -0.1) is 0 Å². The van der Waals surface area contributed by atoms with Crippen LogP contribution in [-0.2, 0) is 0 Å². The summed E-state index contributed by atoms with van der Waals surface area (Å²) >= 11 is 0. The van der Waals surface area contributed by atoms with Crippen LogP contribution in [0, 0.1) is 0 Å². The Morgan fingerprint density at radius 2 is 1.81 bits per heavy atom. The van der Waals surface area contributed by atoms with Crippen LogP contribution < -0.4 is 5.32 Å². The third-order valence-corrected chi connectivity index (χ3v) is 3.48. The summed E-state index contributed by atoms with van der Waals surface area (Å²) in [6.07, 6.45) is 2.61. The van der Waals surface area contributed by atoms with Crippen LogP contribution in [0.15, 0.2) is 24.3 Å².